The first-order chi connectivity index (χ1) is 11.0. The summed E-state index contributed by atoms with van der Waals surface area (Å²) < 4.78 is 5.54. The van der Waals surface area contributed by atoms with E-state index in [0.717, 1.165) is 37.0 Å². The topological polar surface area (TPSA) is 75.8 Å². The molecule has 3 rings (SSSR count). The molecule has 3 N–H and O–H groups in total. The van der Waals surface area contributed by atoms with E-state index in [-0.39, 0.29) is 24.4 Å². The van der Waals surface area contributed by atoms with Crippen LogP contribution in [-0.4, -0.2) is 41.7 Å². The van der Waals surface area contributed by atoms with Crippen molar-refractivity contribution >= 4 is 5.91 Å². The summed E-state index contributed by atoms with van der Waals surface area (Å²) in [6, 6.07) is 7.87. The summed E-state index contributed by atoms with van der Waals surface area (Å²) in [7, 11) is 1.66. The Labute approximate surface area is 137 Å². The molecule has 5 nitrogen and oxygen atoms in total. The molecule has 2 fully saturated rings. The third kappa shape index (κ3) is 3.08. The zero-order chi connectivity index (χ0) is 16.4. The predicted molar refractivity (Wildman–Crippen MR) is 88.0 cm³/mol. The van der Waals surface area contributed by atoms with Crippen molar-refractivity contribution in [3.8, 4) is 5.75 Å². The van der Waals surface area contributed by atoms with Gasteiger partial charge >= 0.3 is 0 Å². The van der Waals surface area contributed by atoms with E-state index in [4.69, 9.17) is 10.5 Å². The largest absolute Gasteiger partial charge is 0.496 e. The number of carbonyl (C=O) groups excluding carboxylic acids is 1. The molecule has 1 aromatic carbocycles. The number of hydrogen-bond acceptors (Lipinski definition) is 4. The van der Waals surface area contributed by atoms with E-state index in [0.29, 0.717) is 13.0 Å². The van der Waals surface area contributed by atoms with Crippen LogP contribution in [0.4, 0.5) is 0 Å². The van der Waals surface area contributed by atoms with E-state index >= 15 is 0 Å². The number of fused-ring (bicyclic) bond motifs is 1. The standard InChI is InChI=1S/C18H26N2O3/c1-23-15-8-3-2-6-13(15)17-14-7-4-5-9-18(14,22)10-11-20(17)12-16(19)21/h2-3,6,8,14,17,22H,4-5,7,9-12H2,1H3,(H2,19,21)/t14?,17-,18?/m0/s1. The molecule has 0 spiro atoms. The molecule has 1 aliphatic heterocycles. The van der Waals surface area contributed by atoms with Gasteiger partial charge in [0.1, 0.15) is 5.75 Å². The Morgan fingerprint density at radius 1 is 1.39 bits per heavy atom. The van der Waals surface area contributed by atoms with Crippen LogP contribution in [0.25, 0.3) is 0 Å². The summed E-state index contributed by atoms with van der Waals surface area (Å²) in [6.45, 7) is 0.897. The number of hydrogen-bond donors (Lipinski definition) is 2. The number of para-hydroxylation sites is 1. The van der Waals surface area contributed by atoms with Crippen LogP contribution < -0.4 is 10.5 Å². The van der Waals surface area contributed by atoms with Crippen LogP contribution in [0, 0.1) is 5.92 Å². The van der Waals surface area contributed by atoms with Gasteiger partial charge in [0.2, 0.25) is 5.91 Å². The highest BCUT2D eigenvalue weighted by molar-refractivity contribution is 5.76. The molecule has 2 aliphatic rings. The monoisotopic (exact) mass is 318 g/mol. The Hall–Kier alpha value is -1.59. The quantitative estimate of drug-likeness (QED) is 0.888. The van der Waals surface area contributed by atoms with E-state index < -0.39 is 5.60 Å². The molecule has 1 saturated heterocycles. The third-order valence-corrected chi connectivity index (χ3v) is 5.49. The lowest BCUT2D eigenvalue weighted by molar-refractivity contribution is -0.136. The molecule has 1 aromatic rings. The predicted octanol–water partition coefficient (Wildman–Crippen LogP) is 1.85. The maximum atomic E-state index is 11.5. The van der Waals surface area contributed by atoms with Crippen molar-refractivity contribution < 1.29 is 14.6 Å². The fraction of sp³-hybridized carbons (Fsp3) is 0.611. The third-order valence-electron chi connectivity index (χ3n) is 5.49. The van der Waals surface area contributed by atoms with Crippen LogP contribution in [0.1, 0.15) is 43.7 Å². The maximum Gasteiger partial charge on any atom is 0.231 e. The van der Waals surface area contributed by atoms with Crippen molar-refractivity contribution in [3.63, 3.8) is 0 Å². The molecule has 0 bridgehead atoms. The number of nitrogens with zero attached hydrogens (tertiary/aromatic N) is 1. The van der Waals surface area contributed by atoms with E-state index in [1.54, 1.807) is 7.11 Å². The van der Waals surface area contributed by atoms with Crippen LogP contribution in [0.5, 0.6) is 5.75 Å². The Balaban J connectivity index is 2.02. The summed E-state index contributed by atoms with van der Waals surface area (Å²) in [5.74, 6) is 0.591. The zero-order valence-electron chi connectivity index (χ0n) is 13.7. The van der Waals surface area contributed by atoms with Gasteiger partial charge in [-0.2, -0.15) is 0 Å². The van der Waals surface area contributed by atoms with Gasteiger partial charge in [-0.15, -0.1) is 0 Å². The minimum atomic E-state index is -0.641. The summed E-state index contributed by atoms with van der Waals surface area (Å²) in [6.07, 6.45) is 4.70. The van der Waals surface area contributed by atoms with E-state index in [1.165, 1.54) is 0 Å². The first kappa shape index (κ1) is 16.3. The van der Waals surface area contributed by atoms with Gasteiger partial charge in [0.25, 0.3) is 0 Å². The molecule has 0 radical (unpaired) electrons. The van der Waals surface area contributed by atoms with Crippen molar-refractivity contribution in [2.75, 3.05) is 20.2 Å². The summed E-state index contributed by atoms with van der Waals surface area (Å²) in [5, 5.41) is 11.2. The van der Waals surface area contributed by atoms with Gasteiger partial charge in [0.15, 0.2) is 0 Å². The molecule has 126 valence electrons. The van der Waals surface area contributed by atoms with Crippen molar-refractivity contribution in [3.05, 3.63) is 29.8 Å². The molecule has 3 atom stereocenters. The number of primary amides is 1. The molecule has 2 unspecified atom stereocenters. The van der Waals surface area contributed by atoms with Crippen LogP contribution in [0.2, 0.25) is 0 Å². The van der Waals surface area contributed by atoms with Crippen molar-refractivity contribution in [1.82, 2.24) is 4.90 Å². The SMILES string of the molecule is COc1ccccc1[C@H]1C2CCCCC2(O)CCN1CC(N)=O. The number of aliphatic hydroxyl groups is 1. The lowest BCUT2D eigenvalue weighted by Gasteiger charge is -2.52. The van der Waals surface area contributed by atoms with Crippen LogP contribution >= 0.6 is 0 Å². The molecule has 5 heteroatoms. The maximum absolute atomic E-state index is 11.5. The van der Waals surface area contributed by atoms with Gasteiger partial charge < -0.3 is 15.6 Å². The number of rotatable bonds is 4. The number of nitrogens with two attached hydrogens (primary N) is 1. The fourth-order valence-electron chi connectivity index (χ4n) is 4.44. The van der Waals surface area contributed by atoms with Gasteiger partial charge in [0.05, 0.1) is 19.3 Å². The Kier molecular flexibility index (Phi) is 4.60. The number of benzene rings is 1. The van der Waals surface area contributed by atoms with Crippen molar-refractivity contribution in [2.24, 2.45) is 11.7 Å². The lowest BCUT2D eigenvalue weighted by Crippen LogP contribution is -2.56. The normalized spacial score (nSPS) is 31.4. The molecular formula is C18H26N2O3. The van der Waals surface area contributed by atoms with Crippen LogP contribution in [0.15, 0.2) is 24.3 Å². The van der Waals surface area contributed by atoms with Gasteiger partial charge in [-0.25, -0.2) is 0 Å². The molecule has 23 heavy (non-hydrogen) atoms. The van der Waals surface area contributed by atoms with Crippen molar-refractivity contribution in [2.45, 2.75) is 43.7 Å². The van der Waals surface area contributed by atoms with Gasteiger partial charge in [-0.05, 0) is 25.3 Å². The minimum absolute atomic E-state index is 0.0299. The van der Waals surface area contributed by atoms with Gasteiger partial charge in [-0.1, -0.05) is 31.0 Å². The van der Waals surface area contributed by atoms with E-state index in [1.807, 2.05) is 24.3 Å². The fourth-order valence-corrected chi connectivity index (χ4v) is 4.44. The van der Waals surface area contributed by atoms with Gasteiger partial charge in [-0.3, -0.25) is 9.69 Å². The van der Waals surface area contributed by atoms with E-state index in [2.05, 4.69) is 4.90 Å². The van der Waals surface area contributed by atoms with Crippen LogP contribution in [-0.2, 0) is 4.79 Å². The lowest BCUT2D eigenvalue weighted by atomic mass is 9.66. The second kappa shape index (κ2) is 6.49. The first-order valence-corrected chi connectivity index (χ1v) is 8.43. The highest BCUT2D eigenvalue weighted by Gasteiger charge is 2.49. The summed E-state index contributed by atoms with van der Waals surface area (Å²) in [4.78, 5) is 13.6. The van der Waals surface area contributed by atoms with Crippen molar-refractivity contribution in [1.29, 1.82) is 0 Å². The molecule has 1 saturated carbocycles. The van der Waals surface area contributed by atoms with Crippen LogP contribution in [0.3, 0.4) is 0 Å². The van der Waals surface area contributed by atoms with E-state index in [9.17, 15) is 9.90 Å². The highest BCUT2D eigenvalue weighted by Crippen LogP contribution is 2.50. The molecule has 0 aromatic heterocycles. The smallest absolute Gasteiger partial charge is 0.231 e. The number of ether oxygens (including phenoxy) is 1. The second-order valence-electron chi connectivity index (χ2n) is 6.83. The highest BCUT2D eigenvalue weighted by atomic mass is 16.5. The average molecular weight is 318 g/mol. The second-order valence-corrected chi connectivity index (χ2v) is 6.83. The Morgan fingerprint density at radius 2 is 2.17 bits per heavy atom. The number of likely N-dealkylation sites (tertiary alicyclic amines) is 1. The molecule has 1 amide bonds. The number of carbonyl (C=O) groups is 1. The summed E-state index contributed by atoms with van der Waals surface area (Å²) in [5.41, 5.74) is 5.86. The minimum Gasteiger partial charge on any atom is -0.496 e. The zero-order valence-corrected chi connectivity index (χ0v) is 13.7. The first-order valence-electron chi connectivity index (χ1n) is 8.43. The Bertz CT molecular complexity index is 577. The Morgan fingerprint density at radius 3 is 2.91 bits per heavy atom. The number of methoxy groups -OCH3 is 1. The summed E-state index contributed by atoms with van der Waals surface area (Å²) >= 11 is 0. The average Bonchev–Trinajstić information content (AvgIpc) is 2.54. The van der Waals surface area contributed by atoms with Gasteiger partial charge in [0, 0.05) is 24.1 Å². The molecule has 1 aliphatic carbocycles. The number of piperidine rings is 1. The molecule has 1 heterocycles. The number of amides is 1. The molecular weight excluding hydrogens is 292 g/mol.